The molecule has 2 aliphatic carbocycles. The van der Waals surface area contributed by atoms with Gasteiger partial charge >= 0.3 is 23.9 Å². The summed E-state index contributed by atoms with van der Waals surface area (Å²) in [5.74, 6) is -2.89. The summed E-state index contributed by atoms with van der Waals surface area (Å²) < 4.78 is 31.3. The smallest absolute Gasteiger partial charge is 0.340 e. The van der Waals surface area contributed by atoms with Gasteiger partial charge in [0, 0.05) is 32.2 Å². The molecule has 10 nitrogen and oxygen atoms in total. The monoisotopic (exact) mass is 579 g/mol. The molecule has 0 amide bonds. The highest BCUT2D eigenvalue weighted by atomic mass is 16.6. The molecule has 2 bridgehead atoms. The number of rotatable bonds is 7. The maximum Gasteiger partial charge on any atom is 0.340 e. The molecule has 2 saturated carbocycles. The van der Waals surface area contributed by atoms with Crippen molar-refractivity contribution in [3.63, 3.8) is 0 Å². The van der Waals surface area contributed by atoms with Gasteiger partial charge in [0.25, 0.3) is 0 Å². The van der Waals surface area contributed by atoms with Crippen LogP contribution in [-0.2, 0) is 33.3 Å². The first-order valence-electron chi connectivity index (χ1n) is 14.3. The molecule has 3 aliphatic rings. The first-order chi connectivity index (χ1) is 19.9. The molecule has 10 heteroatoms. The van der Waals surface area contributed by atoms with Crippen LogP contribution in [0.2, 0.25) is 0 Å². The number of hydrogen-bond acceptors (Lipinski definition) is 10. The van der Waals surface area contributed by atoms with Crippen LogP contribution in [0, 0.1) is 17.3 Å². The van der Waals surface area contributed by atoms with Crippen molar-refractivity contribution in [2.45, 2.75) is 83.4 Å². The lowest BCUT2D eigenvalue weighted by Crippen LogP contribution is -2.74. The third kappa shape index (κ3) is 4.95. The molecule has 1 aromatic carbocycles. The van der Waals surface area contributed by atoms with E-state index in [0.717, 1.165) is 0 Å². The van der Waals surface area contributed by atoms with E-state index in [0.29, 0.717) is 24.8 Å². The Bertz CT molecular complexity index is 1350. The Labute approximate surface area is 245 Å². The number of fused-ring (bicyclic) bond motifs is 1. The maximum atomic E-state index is 13.7. The van der Waals surface area contributed by atoms with Crippen LogP contribution in [0.3, 0.4) is 0 Å². The molecule has 3 fully saturated rings. The van der Waals surface area contributed by atoms with Crippen molar-refractivity contribution in [3.05, 3.63) is 66.0 Å². The van der Waals surface area contributed by atoms with Gasteiger partial charge in [0.05, 0.1) is 22.3 Å². The minimum atomic E-state index is -1.41. The van der Waals surface area contributed by atoms with Crippen molar-refractivity contribution in [3.8, 4) is 0 Å². The van der Waals surface area contributed by atoms with Gasteiger partial charge in [-0.1, -0.05) is 25.1 Å². The summed E-state index contributed by atoms with van der Waals surface area (Å²) >= 11 is 0. The topological polar surface area (TPSA) is 127 Å². The molecular formula is C32H37NO9. The fraction of sp³-hybridized carbons (Fsp3) is 0.531. The van der Waals surface area contributed by atoms with Crippen molar-refractivity contribution in [2.75, 3.05) is 6.61 Å². The number of hydrogen-bond donors (Lipinski definition) is 0. The molecule has 5 rings (SSSR count). The molecule has 1 aliphatic heterocycles. The average Bonchev–Trinajstić information content (AvgIpc) is 3.22. The molecular weight excluding hydrogens is 542 g/mol. The third-order valence-corrected chi connectivity index (χ3v) is 9.28. The summed E-state index contributed by atoms with van der Waals surface area (Å²) in [6, 6.07) is 11.7. The van der Waals surface area contributed by atoms with Crippen molar-refractivity contribution in [1.82, 2.24) is 4.98 Å². The molecule has 0 radical (unpaired) electrons. The Morgan fingerprint density at radius 2 is 1.60 bits per heavy atom. The van der Waals surface area contributed by atoms with Gasteiger partial charge in [0.1, 0.15) is 24.2 Å². The molecule has 2 aromatic rings. The first-order valence-corrected chi connectivity index (χ1v) is 14.3. The van der Waals surface area contributed by atoms with Gasteiger partial charge in [-0.15, -0.1) is 0 Å². The lowest BCUT2D eigenvalue weighted by molar-refractivity contribution is -0.286. The lowest BCUT2D eigenvalue weighted by Gasteiger charge is -2.61. The summed E-state index contributed by atoms with van der Waals surface area (Å²) in [5.41, 5.74) is -2.76. The van der Waals surface area contributed by atoms with Crippen LogP contribution in [0.4, 0.5) is 0 Å². The summed E-state index contributed by atoms with van der Waals surface area (Å²) in [5, 5.41) is 0. The molecule has 224 valence electrons. The zero-order valence-electron chi connectivity index (χ0n) is 24.5. The number of aromatic nitrogens is 1. The van der Waals surface area contributed by atoms with E-state index in [1.807, 2.05) is 20.8 Å². The predicted molar refractivity (Wildman–Crippen MR) is 148 cm³/mol. The maximum absolute atomic E-state index is 13.7. The second-order valence-electron chi connectivity index (χ2n) is 12.1. The van der Waals surface area contributed by atoms with E-state index in [9.17, 15) is 19.2 Å². The Morgan fingerprint density at radius 1 is 0.905 bits per heavy atom. The molecule has 1 saturated heterocycles. The molecule has 0 unspecified atom stereocenters. The van der Waals surface area contributed by atoms with Gasteiger partial charge in [-0.2, -0.15) is 0 Å². The highest BCUT2D eigenvalue weighted by Gasteiger charge is 2.79. The predicted octanol–water partition coefficient (Wildman–Crippen LogP) is 4.31. The van der Waals surface area contributed by atoms with Gasteiger partial charge < -0.3 is 23.7 Å². The highest BCUT2D eigenvalue weighted by molar-refractivity contribution is 5.90. The lowest BCUT2D eigenvalue weighted by atomic mass is 9.49. The van der Waals surface area contributed by atoms with Crippen LogP contribution in [0.5, 0.6) is 0 Å². The Hall–Kier alpha value is -3.79. The number of ether oxygens (including phenoxy) is 5. The quantitative estimate of drug-likeness (QED) is 0.346. The van der Waals surface area contributed by atoms with E-state index < -0.39 is 58.8 Å². The third-order valence-electron chi connectivity index (χ3n) is 9.28. The molecule has 2 heterocycles. The van der Waals surface area contributed by atoms with Crippen LogP contribution in [0.1, 0.15) is 74.6 Å². The van der Waals surface area contributed by atoms with E-state index in [4.69, 9.17) is 23.7 Å². The summed E-state index contributed by atoms with van der Waals surface area (Å²) in [6.07, 6.45) is 1.33. The minimum Gasteiger partial charge on any atom is -0.462 e. The van der Waals surface area contributed by atoms with Crippen LogP contribution in [0.25, 0.3) is 0 Å². The molecule has 0 N–H and O–H groups in total. The van der Waals surface area contributed by atoms with Gasteiger partial charge in [0.15, 0.2) is 6.10 Å². The van der Waals surface area contributed by atoms with Crippen LogP contribution < -0.4 is 0 Å². The van der Waals surface area contributed by atoms with Crippen LogP contribution in [0.15, 0.2) is 54.9 Å². The SMILES string of the molecule is CC(=O)O[C@H]1[C@H]2C[C@]3(OC2(C)C)[C@H](C)CC[C@H](OC(C)=O)[C@@]3(COC(=O)c2ccccc2)[C@H]1OC(=O)c1cccnc1. The molecule has 42 heavy (non-hydrogen) atoms. The number of esters is 4. The number of carbonyl (C=O) groups is 4. The zero-order valence-corrected chi connectivity index (χ0v) is 24.5. The number of benzene rings is 1. The normalized spacial score (nSPS) is 32.6. The van der Waals surface area contributed by atoms with Gasteiger partial charge in [-0.05, 0) is 63.3 Å². The van der Waals surface area contributed by atoms with Crippen molar-refractivity contribution < 1.29 is 42.9 Å². The average molecular weight is 580 g/mol. The fourth-order valence-electron chi connectivity index (χ4n) is 7.49. The highest BCUT2D eigenvalue weighted by Crippen LogP contribution is 2.67. The van der Waals surface area contributed by atoms with Crippen LogP contribution in [-0.4, -0.2) is 65.0 Å². The minimum absolute atomic E-state index is 0.109. The van der Waals surface area contributed by atoms with Crippen molar-refractivity contribution in [2.24, 2.45) is 17.3 Å². The fourth-order valence-corrected chi connectivity index (χ4v) is 7.49. The summed E-state index contributed by atoms with van der Waals surface area (Å²) in [4.78, 5) is 56.1. The van der Waals surface area contributed by atoms with Crippen molar-refractivity contribution >= 4 is 23.9 Å². The van der Waals surface area contributed by atoms with E-state index in [2.05, 4.69) is 4.98 Å². The van der Waals surface area contributed by atoms with E-state index in [-0.39, 0.29) is 24.0 Å². The first kappa shape index (κ1) is 29.7. The molecule has 7 atom stereocenters. The van der Waals surface area contributed by atoms with Gasteiger partial charge in [-0.3, -0.25) is 14.6 Å². The van der Waals surface area contributed by atoms with Crippen LogP contribution >= 0.6 is 0 Å². The Balaban J connectivity index is 1.70. The number of carbonyl (C=O) groups excluding carboxylic acids is 4. The van der Waals surface area contributed by atoms with Gasteiger partial charge in [-0.25, -0.2) is 9.59 Å². The van der Waals surface area contributed by atoms with E-state index >= 15 is 0 Å². The number of nitrogens with zero attached hydrogens (tertiary/aromatic N) is 1. The standard InChI is InChI=1S/C32H37NO9/c1-19-13-14-25(39-20(2)34)31(18-38-28(36)22-10-7-6-8-11-22)27(41-29(37)23-12-9-15-33-17-23)26(40-21(3)35)24-16-32(19,31)42-30(24,4)5/h6-12,15,17,19,24-27H,13-14,16,18H2,1-5H3/t19-,24-,25+,26+,27+,31+,32+/m1/s1. The zero-order chi connectivity index (χ0) is 30.3. The second kappa shape index (κ2) is 11.1. The van der Waals surface area contributed by atoms with Gasteiger partial charge in [0.2, 0.25) is 0 Å². The number of pyridine rings is 1. The summed E-state index contributed by atoms with van der Waals surface area (Å²) in [7, 11) is 0. The summed E-state index contributed by atoms with van der Waals surface area (Å²) in [6.45, 7) is 8.16. The van der Waals surface area contributed by atoms with E-state index in [1.54, 1.807) is 42.5 Å². The molecule has 1 aromatic heterocycles. The van der Waals surface area contributed by atoms with E-state index in [1.165, 1.54) is 26.2 Å². The largest absolute Gasteiger partial charge is 0.462 e. The Kier molecular flexibility index (Phi) is 7.87. The van der Waals surface area contributed by atoms with Crippen molar-refractivity contribution in [1.29, 1.82) is 0 Å². The Morgan fingerprint density at radius 3 is 2.24 bits per heavy atom. The second-order valence-corrected chi connectivity index (χ2v) is 12.1. The molecule has 1 spiro atoms.